The molecule has 1 aliphatic rings. The van der Waals surface area contributed by atoms with Crippen molar-refractivity contribution < 1.29 is 4.79 Å². The molecule has 70 valence electrons. The van der Waals surface area contributed by atoms with E-state index in [4.69, 9.17) is 0 Å². The summed E-state index contributed by atoms with van der Waals surface area (Å²) >= 11 is 3.99. The molecule has 12 heavy (non-hydrogen) atoms. The molecule has 1 rings (SSSR count). The summed E-state index contributed by atoms with van der Waals surface area (Å²) in [5.41, 5.74) is 0.302. The van der Waals surface area contributed by atoms with Crippen molar-refractivity contribution in [3.8, 4) is 0 Å². The van der Waals surface area contributed by atoms with Crippen LogP contribution in [0.2, 0.25) is 0 Å². The normalized spacial score (nSPS) is 22.4. The molecule has 0 radical (unpaired) electrons. The minimum absolute atomic E-state index is 0.172. The summed E-state index contributed by atoms with van der Waals surface area (Å²) in [6, 6.07) is 0. The third-order valence-electron chi connectivity index (χ3n) is 2.39. The van der Waals surface area contributed by atoms with E-state index < -0.39 is 0 Å². The zero-order chi connectivity index (χ0) is 9.19. The number of nitrogens with zero attached hydrogens (tertiary/aromatic N) is 1. The molecule has 0 aromatic heterocycles. The van der Waals surface area contributed by atoms with Crippen LogP contribution in [0.15, 0.2) is 0 Å². The van der Waals surface area contributed by atoms with Gasteiger partial charge in [-0.1, -0.05) is 13.8 Å². The molecule has 0 atom stereocenters. The van der Waals surface area contributed by atoms with Crippen molar-refractivity contribution in [2.75, 3.05) is 18.8 Å². The molecule has 3 heteroatoms. The first-order valence-electron chi connectivity index (χ1n) is 4.44. The maximum absolute atomic E-state index is 11.3. The van der Waals surface area contributed by atoms with Gasteiger partial charge in [0, 0.05) is 13.1 Å². The molecular formula is C9H17NOS. The topological polar surface area (TPSA) is 20.3 Å². The summed E-state index contributed by atoms with van der Waals surface area (Å²) in [7, 11) is 0. The summed E-state index contributed by atoms with van der Waals surface area (Å²) in [4.78, 5) is 13.2. The van der Waals surface area contributed by atoms with Gasteiger partial charge in [0.15, 0.2) is 0 Å². The predicted octanol–water partition coefficient (Wildman–Crippen LogP) is 1.56. The van der Waals surface area contributed by atoms with Crippen LogP contribution in [0, 0.1) is 5.41 Å². The van der Waals surface area contributed by atoms with E-state index in [0.29, 0.717) is 11.2 Å². The van der Waals surface area contributed by atoms with E-state index in [1.165, 1.54) is 6.42 Å². The Morgan fingerprint density at radius 1 is 1.58 bits per heavy atom. The molecule has 0 bridgehead atoms. The molecule has 1 amide bonds. The van der Waals surface area contributed by atoms with E-state index in [1.807, 2.05) is 4.90 Å². The number of hydrogen-bond acceptors (Lipinski definition) is 2. The Morgan fingerprint density at radius 3 is 2.75 bits per heavy atom. The molecule has 1 fully saturated rings. The van der Waals surface area contributed by atoms with Gasteiger partial charge < -0.3 is 4.90 Å². The number of carbonyl (C=O) groups is 1. The van der Waals surface area contributed by atoms with Crippen LogP contribution in [-0.2, 0) is 4.79 Å². The SMILES string of the molecule is CC1(C)CCCN(C(=O)CS)C1. The van der Waals surface area contributed by atoms with Crippen LogP contribution in [0.4, 0.5) is 0 Å². The lowest BCUT2D eigenvalue weighted by Crippen LogP contribution is -2.44. The van der Waals surface area contributed by atoms with Gasteiger partial charge in [0.05, 0.1) is 5.75 Å². The van der Waals surface area contributed by atoms with Crippen LogP contribution in [0.1, 0.15) is 26.7 Å². The van der Waals surface area contributed by atoms with Crippen LogP contribution in [0.25, 0.3) is 0 Å². The maximum Gasteiger partial charge on any atom is 0.232 e. The third-order valence-corrected chi connectivity index (χ3v) is 2.66. The fraction of sp³-hybridized carbons (Fsp3) is 0.889. The molecule has 0 aliphatic carbocycles. The average molecular weight is 187 g/mol. The van der Waals surface area contributed by atoms with Gasteiger partial charge >= 0.3 is 0 Å². The number of likely N-dealkylation sites (tertiary alicyclic amines) is 1. The Bertz CT molecular complexity index is 179. The smallest absolute Gasteiger partial charge is 0.232 e. The van der Waals surface area contributed by atoms with Gasteiger partial charge in [0.1, 0.15) is 0 Å². The summed E-state index contributed by atoms with van der Waals surface area (Å²) in [5, 5.41) is 0. The number of rotatable bonds is 1. The standard InChI is InChI=1S/C9H17NOS/c1-9(2)4-3-5-10(7-9)8(11)6-12/h12H,3-7H2,1-2H3. The van der Waals surface area contributed by atoms with E-state index in [0.717, 1.165) is 19.5 Å². The second-order valence-electron chi connectivity index (χ2n) is 4.24. The molecule has 2 nitrogen and oxygen atoms in total. The Balaban J connectivity index is 2.52. The Kier molecular flexibility index (Phi) is 3.04. The van der Waals surface area contributed by atoms with Crippen LogP contribution in [0.5, 0.6) is 0 Å². The van der Waals surface area contributed by atoms with Gasteiger partial charge in [-0.25, -0.2) is 0 Å². The van der Waals surface area contributed by atoms with Crippen molar-refractivity contribution in [2.24, 2.45) is 5.41 Å². The fourth-order valence-corrected chi connectivity index (χ4v) is 1.94. The zero-order valence-corrected chi connectivity index (χ0v) is 8.73. The lowest BCUT2D eigenvalue weighted by molar-refractivity contribution is -0.131. The van der Waals surface area contributed by atoms with Gasteiger partial charge in [-0.3, -0.25) is 4.79 Å². The van der Waals surface area contributed by atoms with Crippen LogP contribution < -0.4 is 0 Å². The monoisotopic (exact) mass is 187 g/mol. The van der Waals surface area contributed by atoms with Crippen molar-refractivity contribution in [1.82, 2.24) is 4.90 Å². The molecule has 1 saturated heterocycles. The summed E-state index contributed by atoms with van der Waals surface area (Å²) in [6.07, 6.45) is 2.36. The average Bonchev–Trinajstić information content (AvgIpc) is 2.01. The Morgan fingerprint density at radius 2 is 2.25 bits per heavy atom. The second kappa shape index (κ2) is 3.69. The third kappa shape index (κ3) is 2.41. The van der Waals surface area contributed by atoms with Crippen molar-refractivity contribution >= 4 is 18.5 Å². The van der Waals surface area contributed by atoms with Gasteiger partial charge in [-0.05, 0) is 18.3 Å². The molecule has 0 aromatic carbocycles. The lowest BCUT2D eigenvalue weighted by atomic mass is 9.84. The lowest BCUT2D eigenvalue weighted by Gasteiger charge is -2.37. The number of hydrogen-bond donors (Lipinski definition) is 1. The maximum atomic E-state index is 11.3. The van der Waals surface area contributed by atoms with Crippen molar-refractivity contribution in [3.05, 3.63) is 0 Å². The van der Waals surface area contributed by atoms with Gasteiger partial charge in [-0.2, -0.15) is 12.6 Å². The molecule has 0 unspecified atom stereocenters. The van der Waals surface area contributed by atoms with Crippen LogP contribution >= 0.6 is 12.6 Å². The highest BCUT2D eigenvalue weighted by molar-refractivity contribution is 7.81. The van der Waals surface area contributed by atoms with Crippen molar-refractivity contribution in [1.29, 1.82) is 0 Å². The first-order chi connectivity index (χ1) is 5.55. The Labute approximate surface area is 79.7 Å². The fourth-order valence-electron chi connectivity index (χ4n) is 1.74. The predicted molar refractivity (Wildman–Crippen MR) is 53.4 cm³/mol. The van der Waals surface area contributed by atoms with Gasteiger partial charge in [0.2, 0.25) is 5.91 Å². The van der Waals surface area contributed by atoms with Crippen molar-refractivity contribution in [3.63, 3.8) is 0 Å². The van der Waals surface area contributed by atoms with Gasteiger partial charge in [0.25, 0.3) is 0 Å². The summed E-state index contributed by atoms with van der Waals surface area (Å²) in [5.74, 6) is 0.516. The first-order valence-corrected chi connectivity index (χ1v) is 5.07. The molecule has 1 heterocycles. The minimum Gasteiger partial charge on any atom is -0.341 e. The minimum atomic E-state index is 0.172. The van der Waals surface area contributed by atoms with E-state index in [-0.39, 0.29) is 5.91 Å². The highest BCUT2D eigenvalue weighted by atomic mass is 32.1. The molecule has 1 aliphatic heterocycles. The summed E-state index contributed by atoms with van der Waals surface area (Å²) < 4.78 is 0. The first kappa shape index (κ1) is 9.90. The van der Waals surface area contributed by atoms with Crippen LogP contribution in [0.3, 0.4) is 0 Å². The molecule has 0 N–H and O–H groups in total. The van der Waals surface area contributed by atoms with E-state index in [2.05, 4.69) is 26.5 Å². The summed E-state index contributed by atoms with van der Waals surface area (Å²) in [6.45, 7) is 6.24. The Hall–Kier alpha value is -0.180. The van der Waals surface area contributed by atoms with E-state index in [9.17, 15) is 4.79 Å². The van der Waals surface area contributed by atoms with E-state index in [1.54, 1.807) is 0 Å². The number of amides is 1. The molecule has 0 spiro atoms. The van der Waals surface area contributed by atoms with Crippen molar-refractivity contribution in [2.45, 2.75) is 26.7 Å². The second-order valence-corrected chi connectivity index (χ2v) is 4.56. The number of carbonyl (C=O) groups excluding carboxylic acids is 1. The number of piperidine rings is 1. The zero-order valence-electron chi connectivity index (χ0n) is 7.84. The number of thiol groups is 1. The van der Waals surface area contributed by atoms with Crippen LogP contribution in [-0.4, -0.2) is 29.6 Å². The van der Waals surface area contributed by atoms with E-state index >= 15 is 0 Å². The molecule has 0 aromatic rings. The molecular weight excluding hydrogens is 170 g/mol. The molecule has 0 saturated carbocycles. The highest BCUT2D eigenvalue weighted by Gasteiger charge is 2.28. The van der Waals surface area contributed by atoms with Gasteiger partial charge in [-0.15, -0.1) is 0 Å². The largest absolute Gasteiger partial charge is 0.341 e. The quantitative estimate of drug-likeness (QED) is 0.618. The highest BCUT2D eigenvalue weighted by Crippen LogP contribution is 2.28.